The van der Waals surface area contributed by atoms with E-state index in [0.29, 0.717) is 6.54 Å². The summed E-state index contributed by atoms with van der Waals surface area (Å²) in [7, 11) is 0. The standard InChI is InChI=1S/C10H12N2/c1-7-8(6-11)2-3-10-9(7)4-5-12-10/h2-4H,5-6,11H2,1H3. The quantitative estimate of drug-likeness (QED) is 0.610. The van der Waals surface area contributed by atoms with Gasteiger partial charge in [0.05, 0.1) is 11.9 Å². The smallest absolute Gasteiger partial charge is 0.0650 e. The molecule has 1 aromatic rings. The fourth-order valence-corrected chi connectivity index (χ4v) is 1.61. The lowest BCUT2D eigenvalue weighted by Crippen LogP contribution is -2.26. The summed E-state index contributed by atoms with van der Waals surface area (Å²) in [5, 5.41) is 2.39. The van der Waals surface area contributed by atoms with E-state index in [-0.39, 0.29) is 0 Å². The number of nitrogens with zero attached hydrogens (tertiary/aromatic N) is 1. The lowest BCUT2D eigenvalue weighted by Gasteiger charge is -2.01. The number of hydrogen-bond acceptors (Lipinski definition) is 2. The fourth-order valence-electron chi connectivity index (χ4n) is 1.61. The highest BCUT2D eigenvalue weighted by Crippen LogP contribution is 1.99. The molecule has 0 atom stereocenters. The summed E-state index contributed by atoms with van der Waals surface area (Å²) >= 11 is 0. The molecule has 0 fully saturated rings. The van der Waals surface area contributed by atoms with Crippen LogP contribution in [0.3, 0.4) is 0 Å². The van der Waals surface area contributed by atoms with Crippen LogP contribution in [0.15, 0.2) is 17.1 Å². The monoisotopic (exact) mass is 160 g/mol. The lowest BCUT2D eigenvalue weighted by atomic mass is 10.1. The molecular weight excluding hydrogens is 148 g/mol. The number of hydrogen-bond donors (Lipinski definition) is 1. The van der Waals surface area contributed by atoms with Crippen molar-refractivity contribution in [3.8, 4) is 0 Å². The Balaban J connectivity index is 2.80. The van der Waals surface area contributed by atoms with E-state index in [0.717, 1.165) is 11.9 Å². The number of rotatable bonds is 1. The van der Waals surface area contributed by atoms with Gasteiger partial charge in [-0.3, -0.25) is 4.99 Å². The van der Waals surface area contributed by atoms with Crippen LogP contribution >= 0.6 is 0 Å². The van der Waals surface area contributed by atoms with E-state index in [9.17, 15) is 0 Å². The molecular formula is C10H12N2. The van der Waals surface area contributed by atoms with Crippen molar-refractivity contribution >= 4 is 6.08 Å². The van der Waals surface area contributed by atoms with Gasteiger partial charge in [-0.05, 0) is 24.1 Å². The summed E-state index contributed by atoms with van der Waals surface area (Å²) in [6, 6.07) is 4.12. The minimum Gasteiger partial charge on any atom is -0.326 e. The van der Waals surface area contributed by atoms with Crippen LogP contribution in [0.2, 0.25) is 0 Å². The normalized spacial score (nSPS) is 13.5. The zero-order chi connectivity index (χ0) is 8.55. The first kappa shape index (κ1) is 7.50. The Hall–Kier alpha value is -1.15. The van der Waals surface area contributed by atoms with Gasteiger partial charge in [0.2, 0.25) is 0 Å². The molecule has 0 aliphatic carbocycles. The maximum atomic E-state index is 5.60. The molecule has 2 rings (SSSR count). The van der Waals surface area contributed by atoms with Gasteiger partial charge in [-0.1, -0.05) is 12.1 Å². The summed E-state index contributed by atoms with van der Waals surface area (Å²) in [6.07, 6.45) is 2.16. The molecule has 0 saturated heterocycles. The Labute approximate surface area is 71.4 Å². The highest BCUT2D eigenvalue weighted by atomic mass is 14.7. The van der Waals surface area contributed by atoms with Gasteiger partial charge >= 0.3 is 0 Å². The van der Waals surface area contributed by atoms with Gasteiger partial charge in [-0.25, -0.2) is 0 Å². The molecule has 2 heteroatoms. The zero-order valence-electron chi connectivity index (χ0n) is 7.17. The van der Waals surface area contributed by atoms with Crippen molar-refractivity contribution in [2.45, 2.75) is 13.5 Å². The zero-order valence-corrected chi connectivity index (χ0v) is 7.17. The van der Waals surface area contributed by atoms with Crippen molar-refractivity contribution in [1.29, 1.82) is 0 Å². The van der Waals surface area contributed by atoms with E-state index in [1.165, 1.54) is 16.3 Å². The third kappa shape index (κ3) is 0.959. The van der Waals surface area contributed by atoms with Crippen molar-refractivity contribution in [1.82, 2.24) is 0 Å². The molecule has 1 aliphatic rings. The molecule has 1 heterocycles. The van der Waals surface area contributed by atoms with Crippen molar-refractivity contribution in [3.05, 3.63) is 33.8 Å². The van der Waals surface area contributed by atoms with E-state index < -0.39 is 0 Å². The van der Waals surface area contributed by atoms with Crippen LogP contribution in [0.25, 0.3) is 6.08 Å². The Morgan fingerprint density at radius 3 is 3.08 bits per heavy atom. The van der Waals surface area contributed by atoms with Gasteiger partial charge in [0.25, 0.3) is 0 Å². The largest absolute Gasteiger partial charge is 0.326 e. The highest BCUT2D eigenvalue weighted by Gasteiger charge is 2.01. The molecule has 2 nitrogen and oxygen atoms in total. The van der Waals surface area contributed by atoms with Crippen LogP contribution in [0.1, 0.15) is 11.1 Å². The maximum absolute atomic E-state index is 5.60. The third-order valence-corrected chi connectivity index (χ3v) is 2.38. The van der Waals surface area contributed by atoms with Gasteiger partial charge in [0.1, 0.15) is 0 Å². The molecule has 0 bridgehead atoms. The molecule has 1 aromatic carbocycles. The van der Waals surface area contributed by atoms with Gasteiger partial charge in [0.15, 0.2) is 0 Å². The van der Waals surface area contributed by atoms with Crippen molar-refractivity contribution in [3.63, 3.8) is 0 Å². The number of nitrogens with two attached hydrogens (primary N) is 1. The first-order valence-corrected chi connectivity index (χ1v) is 4.16. The summed E-state index contributed by atoms with van der Waals surface area (Å²) < 4.78 is 0. The average molecular weight is 160 g/mol. The summed E-state index contributed by atoms with van der Waals surface area (Å²) in [4.78, 5) is 4.34. The molecule has 1 aliphatic heterocycles. The predicted octanol–water partition coefficient (Wildman–Crippen LogP) is -0.133. The molecule has 0 aromatic heterocycles. The van der Waals surface area contributed by atoms with Gasteiger partial charge < -0.3 is 5.73 Å². The Morgan fingerprint density at radius 1 is 1.50 bits per heavy atom. The SMILES string of the molecule is Cc1c(CN)ccc2c1=CCN=2. The van der Waals surface area contributed by atoms with E-state index in [2.05, 4.69) is 24.1 Å². The van der Waals surface area contributed by atoms with E-state index >= 15 is 0 Å². The Bertz CT molecular complexity index is 418. The first-order chi connectivity index (χ1) is 5.83. The average Bonchev–Trinajstić information content (AvgIpc) is 2.53. The molecule has 0 spiro atoms. The van der Waals surface area contributed by atoms with Crippen LogP contribution < -0.4 is 16.3 Å². The predicted molar refractivity (Wildman–Crippen MR) is 49.2 cm³/mol. The lowest BCUT2D eigenvalue weighted by molar-refractivity contribution is 1.04. The summed E-state index contributed by atoms with van der Waals surface area (Å²) in [5.74, 6) is 0. The van der Waals surface area contributed by atoms with Crippen LogP contribution in [0.4, 0.5) is 0 Å². The second kappa shape index (κ2) is 2.72. The molecule has 0 amide bonds. The molecule has 62 valence electrons. The second-order valence-corrected chi connectivity index (χ2v) is 3.03. The molecule has 12 heavy (non-hydrogen) atoms. The number of benzene rings is 1. The molecule has 0 radical (unpaired) electrons. The Morgan fingerprint density at radius 2 is 2.33 bits per heavy atom. The molecule has 2 N–H and O–H groups in total. The highest BCUT2D eigenvalue weighted by molar-refractivity contribution is 5.38. The van der Waals surface area contributed by atoms with E-state index in [4.69, 9.17) is 5.73 Å². The van der Waals surface area contributed by atoms with Crippen LogP contribution in [-0.4, -0.2) is 6.54 Å². The Kier molecular flexibility index (Phi) is 1.70. The second-order valence-electron chi connectivity index (χ2n) is 3.03. The summed E-state index contributed by atoms with van der Waals surface area (Å²) in [6.45, 7) is 3.55. The minimum atomic E-state index is 0.618. The third-order valence-electron chi connectivity index (χ3n) is 2.38. The van der Waals surface area contributed by atoms with Crippen molar-refractivity contribution < 1.29 is 0 Å². The van der Waals surface area contributed by atoms with E-state index in [1.54, 1.807) is 0 Å². The summed E-state index contributed by atoms with van der Waals surface area (Å²) in [5.41, 5.74) is 8.11. The topological polar surface area (TPSA) is 38.4 Å². The number of fused-ring (bicyclic) bond motifs is 1. The van der Waals surface area contributed by atoms with Crippen molar-refractivity contribution in [2.24, 2.45) is 10.7 Å². The van der Waals surface area contributed by atoms with Gasteiger partial charge in [-0.2, -0.15) is 0 Å². The molecule has 0 saturated carbocycles. The van der Waals surface area contributed by atoms with Crippen LogP contribution in [0.5, 0.6) is 0 Å². The van der Waals surface area contributed by atoms with E-state index in [1.807, 2.05) is 6.07 Å². The minimum absolute atomic E-state index is 0.618. The van der Waals surface area contributed by atoms with Gasteiger partial charge in [0, 0.05) is 11.8 Å². The maximum Gasteiger partial charge on any atom is 0.0650 e. The fraction of sp³-hybridized carbons (Fsp3) is 0.300. The van der Waals surface area contributed by atoms with Crippen molar-refractivity contribution in [2.75, 3.05) is 6.54 Å². The van der Waals surface area contributed by atoms with Crippen LogP contribution in [-0.2, 0) is 6.54 Å². The van der Waals surface area contributed by atoms with Crippen LogP contribution in [0, 0.1) is 6.92 Å². The molecule has 0 unspecified atom stereocenters. The first-order valence-electron chi connectivity index (χ1n) is 4.16. The van der Waals surface area contributed by atoms with Gasteiger partial charge in [-0.15, -0.1) is 0 Å².